The quantitative estimate of drug-likeness (QED) is 0.601. The first-order valence-corrected chi connectivity index (χ1v) is 11.9. The van der Waals surface area contributed by atoms with Gasteiger partial charge in [0.15, 0.2) is 11.5 Å². The number of amides is 1. The minimum absolute atomic E-state index is 0.0989. The number of carbonyl (C=O) groups is 2. The maximum absolute atomic E-state index is 13.0. The van der Waals surface area contributed by atoms with Gasteiger partial charge in [-0.15, -0.1) is 11.3 Å². The second kappa shape index (κ2) is 9.35. The lowest BCUT2D eigenvalue weighted by Crippen LogP contribution is -2.37. The van der Waals surface area contributed by atoms with Crippen molar-refractivity contribution in [2.75, 3.05) is 33.0 Å². The first kappa shape index (κ1) is 23.2. The van der Waals surface area contributed by atoms with Crippen LogP contribution in [0.2, 0.25) is 4.34 Å². The van der Waals surface area contributed by atoms with Gasteiger partial charge in [0, 0.05) is 19.7 Å². The largest absolute Gasteiger partial charge is 0.422 e. The number of carbonyl (C=O) groups excluding carboxylic acids is 2. The number of hydrogen-bond donors (Lipinski definition) is 1. The molecule has 0 spiro atoms. The van der Waals surface area contributed by atoms with Gasteiger partial charge in [0.05, 0.1) is 9.21 Å². The van der Waals surface area contributed by atoms with Crippen molar-refractivity contribution in [3.63, 3.8) is 0 Å². The van der Waals surface area contributed by atoms with Gasteiger partial charge >= 0.3 is 5.97 Å². The third-order valence-corrected chi connectivity index (χ3v) is 7.54. The second-order valence-corrected chi connectivity index (χ2v) is 10.6. The monoisotopic (exact) mass is 484 g/mol. The number of pyridine rings is 1. The summed E-state index contributed by atoms with van der Waals surface area (Å²) in [7, 11) is 0.926. The molecule has 1 aliphatic rings. The Morgan fingerprint density at radius 1 is 1.32 bits per heavy atom. The lowest BCUT2D eigenvalue weighted by Gasteiger charge is -2.28. The number of ether oxygens (including phenoxy) is 1. The van der Waals surface area contributed by atoms with Gasteiger partial charge < -0.3 is 15.0 Å². The average molecular weight is 485 g/mol. The van der Waals surface area contributed by atoms with Crippen LogP contribution in [0.3, 0.4) is 0 Å². The fourth-order valence-corrected chi connectivity index (χ4v) is 5.85. The Kier molecular flexibility index (Phi) is 6.99. The van der Waals surface area contributed by atoms with Crippen LogP contribution in [0.25, 0.3) is 5.76 Å². The van der Waals surface area contributed by atoms with E-state index in [0.29, 0.717) is 13.0 Å². The zero-order valence-electron chi connectivity index (χ0n) is 17.1. The lowest BCUT2D eigenvalue weighted by molar-refractivity contribution is -0.136. The molecule has 2 aromatic heterocycles. The van der Waals surface area contributed by atoms with Gasteiger partial charge in [-0.3, -0.25) is 13.9 Å². The summed E-state index contributed by atoms with van der Waals surface area (Å²) >= 11 is 6.98. The van der Waals surface area contributed by atoms with E-state index in [0.717, 1.165) is 15.6 Å². The molecule has 0 saturated carbocycles. The van der Waals surface area contributed by atoms with Crippen molar-refractivity contribution in [2.45, 2.75) is 17.7 Å². The standard InChI is InChI=1S/C19H21ClN4O5S2/c1-23(2)10-6-8-15(25)29-17-16(19(26)22-14-7-4-5-9-21-14)24(3)31(27,28)12-11-13(20)30-18(12)17/h4-5,7,9,11H,6,8,10H2,1-3H3,(H,21,22,26). The second-order valence-electron chi connectivity index (χ2n) is 6.94. The Bertz CT molecular complexity index is 1130. The number of anilines is 1. The molecule has 31 heavy (non-hydrogen) atoms. The van der Waals surface area contributed by atoms with E-state index in [9.17, 15) is 18.0 Å². The number of rotatable bonds is 7. The number of esters is 1. The predicted octanol–water partition coefficient (Wildman–Crippen LogP) is 2.62. The van der Waals surface area contributed by atoms with Crippen molar-refractivity contribution >= 4 is 56.4 Å². The van der Waals surface area contributed by atoms with Crippen LogP contribution < -0.4 is 5.32 Å². The van der Waals surface area contributed by atoms with Gasteiger partial charge in [0.1, 0.15) is 10.7 Å². The fourth-order valence-electron chi connectivity index (χ4n) is 2.87. The van der Waals surface area contributed by atoms with E-state index in [2.05, 4.69) is 10.3 Å². The van der Waals surface area contributed by atoms with E-state index >= 15 is 0 Å². The van der Waals surface area contributed by atoms with Crippen LogP contribution in [0.1, 0.15) is 17.7 Å². The van der Waals surface area contributed by atoms with Crippen LogP contribution >= 0.6 is 22.9 Å². The van der Waals surface area contributed by atoms with Crippen molar-refractivity contribution in [3.05, 3.63) is 45.4 Å². The normalized spacial score (nSPS) is 15.1. The third kappa shape index (κ3) is 5.06. The summed E-state index contributed by atoms with van der Waals surface area (Å²) in [6.45, 7) is 0.672. The number of nitrogens with one attached hydrogen (secondary N) is 1. The van der Waals surface area contributed by atoms with Gasteiger partial charge in [-0.05, 0) is 45.3 Å². The number of sulfonamides is 1. The molecule has 166 valence electrons. The highest BCUT2D eigenvalue weighted by Crippen LogP contribution is 2.43. The molecule has 12 heteroatoms. The van der Waals surface area contributed by atoms with Crippen LogP contribution in [-0.2, 0) is 24.3 Å². The van der Waals surface area contributed by atoms with Crippen LogP contribution in [0.5, 0.6) is 0 Å². The summed E-state index contributed by atoms with van der Waals surface area (Å²) in [4.78, 5) is 31.5. The number of hydrogen-bond acceptors (Lipinski definition) is 8. The average Bonchev–Trinajstić information content (AvgIpc) is 3.09. The Morgan fingerprint density at radius 2 is 2.06 bits per heavy atom. The predicted molar refractivity (Wildman–Crippen MR) is 118 cm³/mol. The van der Waals surface area contributed by atoms with Gasteiger partial charge in [-0.2, -0.15) is 0 Å². The molecule has 1 aliphatic heterocycles. The van der Waals surface area contributed by atoms with Crippen LogP contribution in [-0.4, -0.2) is 62.2 Å². The SMILES string of the molecule is CN(C)CCCC(=O)OC1=C(C(=O)Nc2ccccn2)N(C)S(=O)(=O)c2cc(Cl)sc21. The maximum atomic E-state index is 13.0. The number of fused-ring (bicyclic) bond motifs is 1. The van der Waals surface area contributed by atoms with E-state index in [-0.39, 0.29) is 37.8 Å². The van der Waals surface area contributed by atoms with Gasteiger partial charge in [-0.25, -0.2) is 13.4 Å². The molecule has 3 heterocycles. The lowest BCUT2D eigenvalue weighted by atomic mass is 10.2. The highest BCUT2D eigenvalue weighted by Gasteiger charge is 2.41. The van der Waals surface area contributed by atoms with Crippen molar-refractivity contribution in [1.82, 2.24) is 14.2 Å². The molecule has 0 aliphatic carbocycles. The summed E-state index contributed by atoms with van der Waals surface area (Å²) in [6, 6.07) is 6.17. The van der Waals surface area contributed by atoms with Crippen LogP contribution in [0.4, 0.5) is 5.82 Å². The summed E-state index contributed by atoms with van der Waals surface area (Å²) in [5.74, 6) is -1.29. The van der Waals surface area contributed by atoms with E-state index in [1.165, 1.54) is 19.3 Å². The smallest absolute Gasteiger partial charge is 0.311 e. The molecular formula is C19H21ClN4O5S2. The number of likely N-dealkylation sites (N-methyl/N-ethyl adjacent to an activating group) is 1. The van der Waals surface area contributed by atoms with Gasteiger partial charge in [0.25, 0.3) is 15.9 Å². The van der Waals surface area contributed by atoms with Crippen molar-refractivity contribution in [1.29, 1.82) is 0 Å². The van der Waals surface area contributed by atoms with Crippen molar-refractivity contribution in [3.8, 4) is 0 Å². The molecule has 1 amide bonds. The highest BCUT2D eigenvalue weighted by molar-refractivity contribution is 7.89. The summed E-state index contributed by atoms with van der Waals surface area (Å²) < 4.78 is 32.4. The Labute approximate surface area is 189 Å². The third-order valence-electron chi connectivity index (χ3n) is 4.37. The van der Waals surface area contributed by atoms with Crippen molar-refractivity contribution in [2.24, 2.45) is 0 Å². The van der Waals surface area contributed by atoms with Crippen LogP contribution in [0, 0.1) is 0 Å². The van der Waals surface area contributed by atoms with E-state index in [1.54, 1.807) is 18.2 Å². The molecule has 0 unspecified atom stereocenters. The Hall–Kier alpha value is -2.47. The minimum Gasteiger partial charge on any atom is -0.422 e. The van der Waals surface area contributed by atoms with Crippen LogP contribution in [0.15, 0.2) is 41.1 Å². The molecule has 0 atom stereocenters. The molecule has 9 nitrogen and oxygen atoms in total. The summed E-state index contributed by atoms with van der Waals surface area (Å²) in [5.41, 5.74) is -0.322. The molecule has 1 N–H and O–H groups in total. The summed E-state index contributed by atoms with van der Waals surface area (Å²) in [5, 5.41) is 2.54. The number of thiophene rings is 1. The minimum atomic E-state index is -4.06. The topological polar surface area (TPSA) is 109 Å². The van der Waals surface area contributed by atoms with Gasteiger partial charge in [-0.1, -0.05) is 17.7 Å². The number of aromatic nitrogens is 1. The molecule has 3 rings (SSSR count). The molecule has 0 saturated heterocycles. The first-order valence-electron chi connectivity index (χ1n) is 9.22. The van der Waals surface area contributed by atoms with E-state index < -0.39 is 21.9 Å². The van der Waals surface area contributed by atoms with E-state index in [1.807, 2.05) is 19.0 Å². The molecule has 2 aromatic rings. The molecule has 0 radical (unpaired) electrons. The zero-order chi connectivity index (χ0) is 22.8. The molecule has 0 aromatic carbocycles. The van der Waals surface area contributed by atoms with Crippen molar-refractivity contribution < 1.29 is 22.7 Å². The highest BCUT2D eigenvalue weighted by atomic mass is 35.5. The number of halogens is 1. The van der Waals surface area contributed by atoms with E-state index in [4.69, 9.17) is 16.3 Å². The maximum Gasteiger partial charge on any atom is 0.311 e. The summed E-state index contributed by atoms with van der Waals surface area (Å²) in [6.07, 6.45) is 2.12. The molecule has 0 fully saturated rings. The molecular weight excluding hydrogens is 464 g/mol. The zero-order valence-corrected chi connectivity index (χ0v) is 19.5. The fraction of sp³-hybridized carbons (Fsp3) is 0.316. The Balaban J connectivity index is 2.02. The molecule has 0 bridgehead atoms. The Morgan fingerprint density at radius 3 is 2.71 bits per heavy atom. The van der Waals surface area contributed by atoms with Gasteiger partial charge in [0.2, 0.25) is 0 Å². The first-order chi connectivity index (χ1) is 14.6. The number of nitrogens with zero attached hydrogens (tertiary/aromatic N) is 3.